The van der Waals surface area contributed by atoms with Gasteiger partial charge in [-0.05, 0) is 37.3 Å². The van der Waals surface area contributed by atoms with Gasteiger partial charge in [0.15, 0.2) is 0 Å². The molecule has 3 amide bonds. The number of anilines is 1. The number of nitrogens with zero attached hydrogens (tertiary/aromatic N) is 3. The second-order valence-electron chi connectivity index (χ2n) is 6.66. The van der Waals surface area contributed by atoms with Crippen molar-refractivity contribution in [3.8, 4) is 0 Å². The van der Waals surface area contributed by atoms with Gasteiger partial charge in [0.25, 0.3) is 0 Å². The van der Waals surface area contributed by atoms with E-state index < -0.39 is 6.04 Å². The van der Waals surface area contributed by atoms with Crippen molar-refractivity contribution in [3.63, 3.8) is 0 Å². The van der Waals surface area contributed by atoms with Gasteiger partial charge in [0.2, 0.25) is 5.91 Å². The number of benzene rings is 1. The Balaban J connectivity index is 1.44. The zero-order chi connectivity index (χ0) is 19.9. The monoisotopic (exact) mass is 401 g/mol. The van der Waals surface area contributed by atoms with Gasteiger partial charge in [0.1, 0.15) is 6.04 Å². The highest BCUT2D eigenvalue weighted by atomic mass is 35.5. The van der Waals surface area contributed by atoms with Crippen molar-refractivity contribution in [3.05, 3.63) is 59.4 Å². The van der Waals surface area contributed by atoms with Crippen molar-refractivity contribution in [1.82, 2.24) is 20.5 Å². The first-order valence-electron chi connectivity index (χ1n) is 9.26. The van der Waals surface area contributed by atoms with E-state index in [0.29, 0.717) is 37.7 Å². The average Bonchev–Trinajstić information content (AvgIpc) is 2.72. The molecular formula is C20H24ClN5O2. The molecule has 2 heterocycles. The van der Waals surface area contributed by atoms with Crippen LogP contribution in [0.1, 0.15) is 12.6 Å². The number of hydrogen-bond donors (Lipinski definition) is 2. The molecule has 0 unspecified atom stereocenters. The van der Waals surface area contributed by atoms with Gasteiger partial charge in [-0.1, -0.05) is 23.7 Å². The summed E-state index contributed by atoms with van der Waals surface area (Å²) in [6.45, 7) is 4.61. The highest BCUT2D eigenvalue weighted by Gasteiger charge is 2.24. The van der Waals surface area contributed by atoms with Crippen LogP contribution in [0.25, 0.3) is 0 Å². The van der Waals surface area contributed by atoms with Crippen LogP contribution < -0.4 is 15.5 Å². The number of nitrogens with one attached hydrogen (secondary N) is 2. The maximum absolute atomic E-state index is 12.5. The highest BCUT2D eigenvalue weighted by molar-refractivity contribution is 6.30. The van der Waals surface area contributed by atoms with Gasteiger partial charge < -0.3 is 20.4 Å². The van der Waals surface area contributed by atoms with E-state index in [2.05, 4.69) is 20.5 Å². The Morgan fingerprint density at radius 1 is 1.14 bits per heavy atom. The second-order valence-corrected chi connectivity index (χ2v) is 7.10. The molecule has 1 aromatic heterocycles. The number of aromatic nitrogens is 1. The van der Waals surface area contributed by atoms with E-state index in [-0.39, 0.29) is 11.9 Å². The molecule has 1 aliphatic heterocycles. The van der Waals surface area contributed by atoms with E-state index in [9.17, 15) is 9.59 Å². The van der Waals surface area contributed by atoms with E-state index in [1.807, 2.05) is 42.5 Å². The van der Waals surface area contributed by atoms with Crippen LogP contribution in [0.4, 0.5) is 10.5 Å². The first-order valence-corrected chi connectivity index (χ1v) is 9.64. The maximum Gasteiger partial charge on any atom is 0.318 e. The minimum absolute atomic E-state index is 0.230. The molecule has 148 valence electrons. The Morgan fingerprint density at radius 2 is 1.93 bits per heavy atom. The number of piperazine rings is 1. The predicted octanol–water partition coefficient (Wildman–Crippen LogP) is 2.27. The maximum atomic E-state index is 12.5. The van der Waals surface area contributed by atoms with Crippen LogP contribution in [0.15, 0.2) is 48.7 Å². The molecule has 2 aromatic rings. The lowest BCUT2D eigenvalue weighted by atomic mass is 10.2. The molecule has 0 spiro atoms. The summed E-state index contributed by atoms with van der Waals surface area (Å²) in [6, 6.07) is 12.4. The Bertz CT molecular complexity index is 809. The molecular weight excluding hydrogens is 378 g/mol. The summed E-state index contributed by atoms with van der Waals surface area (Å²) < 4.78 is 0. The summed E-state index contributed by atoms with van der Waals surface area (Å²) in [5.74, 6) is -0.239. The van der Waals surface area contributed by atoms with Gasteiger partial charge >= 0.3 is 6.03 Å². The number of rotatable bonds is 5. The first kappa shape index (κ1) is 19.9. The number of hydrogen-bond acceptors (Lipinski definition) is 4. The summed E-state index contributed by atoms with van der Waals surface area (Å²) in [5, 5.41) is 6.25. The van der Waals surface area contributed by atoms with Gasteiger partial charge in [-0.25, -0.2) is 4.79 Å². The van der Waals surface area contributed by atoms with Gasteiger partial charge in [0, 0.05) is 43.1 Å². The minimum atomic E-state index is -0.623. The molecule has 2 N–H and O–H groups in total. The third-order valence-electron chi connectivity index (χ3n) is 4.64. The predicted molar refractivity (Wildman–Crippen MR) is 109 cm³/mol. The molecule has 1 atom stereocenters. The SMILES string of the molecule is C[C@H](NC(=O)N1CCN(c2cccc(Cl)c2)CC1)C(=O)NCc1ccccn1. The van der Waals surface area contributed by atoms with E-state index >= 15 is 0 Å². The second kappa shape index (κ2) is 9.41. The number of carbonyl (C=O) groups excluding carboxylic acids is 2. The van der Waals surface area contributed by atoms with Crippen molar-refractivity contribution in [2.45, 2.75) is 19.5 Å². The zero-order valence-electron chi connectivity index (χ0n) is 15.8. The average molecular weight is 402 g/mol. The number of halogens is 1. The molecule has 1 aromatic carbocycles. The number of urea groups is 1. The van der Waals surface area contributed by atoms with Gasteiger partial charge in [-0.15, -0.1) is 0 Å². The summed E-state index contributed by atoms with van der Waals surface area (Å²) >= 11 is 6.05. The molecule has 0 bridgehead atoms. The van der Waals surface area contributed by atoms with E-state index in [1.54, 1.807) is 18.0 Å². The molecule has 1 saturated heterocycles. The Labute approximate surface area is 169 Å². The van der Waals surface area contributed by atoms with Crippen LogP contribution in [-0.2, 0) is 11.3 Å². The zero-order valence-corrected chi connectivity index (χ0v) is 16.5. The Kier molecular flexibility index (Phi) is 6.71. The standard InChI is InChI=1S/C20H24ClN5O2/c1-15(19(27)23-14-17-6-2-3-8-22-17)24-20(28)26-11-9-25(10-12-26)18-7-4-5-16(21)13-18/h2-8,13,15H,9-12,14H2,1H3,(H,23,27)(H,24,28)/t15-/m0/s1. The lowest BCUT2D eigenvalue weighted by molar-refractivity contribution is -0.122. The van der Waals surface area contributed by atoms with Crippen LogP contribution in [0.2, 0.25) is 5.02 Å². The van der Waals surface area contributed by atoms with Crippen molar-refractivity contribution in [2.24, 2.45) is 0 Å². The number of carbonyl (C=O) groups is 2. The molecule has 0 saturated carbocycles. The van der Waals surface area contributed by atoms with Gasteiger partial charge in [0.05, 0.1) is 12.2 Å². The summed E-state index contributed by atoms with van der Waals surface area (Å²) in [5.41, 5.74) is 1.82. The third kappa shape index (κ3) is 5.36. The summed E-state index contributed by atoms with van der Waals surface area (Å²) in [7, 11) is 0. The molecule has 0 radical (unpaired) electrons. The fourth-order valence-electron chi connectivity index (χ4n) is 3.02. The molecule has 3 rings (SSSR count). The molecule has 8 heteroatoms. The number of amides is 3. The first-order chi connectivity index (χ1) is 13.5. The highest BCUT2D eigenvalue weighted by Crippen LogP contribution is 2.20. The Hall–Kier alpha value is -2.80. The number of pyridine rings is 1. The normalized spacial score (nSPS) is 15.1. The lowest BCUT2D eigenvalue weighted by Gasteiger charge is -2.36. The summed E-state index contributed by atoms with van der Waals surface area (Å²) in [4.78, 5) is 32.8. The Morgan fingerprint density at radius 3 is 2.61 bits per heavy atom. The third-order valence-corrected chi connectivity index (χ3v) is 4.88. The van der Waals surface area contributed by atoms with Crippen LogP contribution >= 0.6 is 11.6 Å². The van der Waals surface area contributed by atoms with Crippen LogP contribution in [-0.4, -0.2) is 54.0 Å². The molecule has 1 aliphatic rings. The van der Waals surface area contributed by atoms with E-state index in [4.69, 9.17) is 11.6 Å². The quantitative estimate of drug-likeness (QED) is 0.805. The van der Waals surface area contributed by atoms with Crippen molar-refractivity contribution >= 4 is 29.2 Å². The molecule has 7 nitrogen and oxygen atoms in total. The lowest BCUT2D eigenvalue weighted by Crippen LogP contribution is -2.55. The molecule has 0 aliphatic carbocycles. The van der Waals surface area contributed by atoms with Crippen molar-refractivity contribution < 1.29 is 9.59 Å². The summed E-state index contributed by atoms with van der Waals surface area (Å²) in [6.07, 6.45) is 1.68. The molecule has 1 fully saturated rings. The van der Waals surface area contributed by atoms with E-state index in [1.165, 1.54) is 0 Å². The fourth-order valence-corrected chi connectivity index (χ4v) is 3.20. The molecule has 28 heavy (non-hydrogen) atoms. The van der Waals surface area contributed by atoms with Crippen LogP contribution in [0, 0.1) is 0 Å². The van der Waals surface area contributed by atoms with Crippen LogP contribution in [0.3, 0.4) is 0 Å². The van der Waals surface area contributed by atoms with Crippen LogP contribution in [0.5, 0.6) is 0 Å². The largest absolute Gasteiger partial charge is 0.368 e. The topological polar surface area (TPSA) is 77.6 Å². The van der Waals surface area contributed by atoms with Crippen molar-refractivity contribution in [2.75, 3.05) is 31.1 Å². The van der Waals surface area contributed by atoms with E-state index in [0.717, 1.165) is 11.4 Å². The van der Waals surface area contributed by atoms with Gasteiger partial charge in [-0.2, -0.15) is 0 Å². The van der Waals surface area contributed by atoms with Crippen molar-refractivity contribution in [1.29, 1.82) is 0 Å². The fraction of sp³-hybridized carbons (Fsp3) is 0.350. The van der Waals surface area contributed by atoms with Gasteiger partial charge in [-0.3, -0.25) is 9.78 Å². The smallest absolute Gasteiger partial charge is 0.318 e. The minimum Gasteiger partial charge on any atom is -0.368 e.